The first kappa shape index (κ1) is 18.4. The molecule has 8 heteroatoms. The second-order valence-corrected chi connectivity index (χ2v) is 5.21. The minimum Gasteiger partial charge on any atom is -0.542 e. The molecule has 7 nitrogen and oxygen atoms in total. The van der Waals surface area contributed by atoms with E-state index in [4.69, 9.17) is 14.2 Å². The number of carbonyl (C=O) groups excluding carboxylic acids is 1. The standard InChI is InChI=1S/C16H18N2O5.Li/c1-21-11-6-10(7-12(8-11)22-2)13-9-18(14-4-3-5-23-14)15(17-13)16(19)20;/h6-9,14H,3-5H2,1-2H3,(H,19,20);/q;+1/p-1/i16+2;. The molecule has 1 aliphatic heterocycles. The van der Waals surface area contributed by atoms with Crippen molar-refractivity contribution in [2.45, 2.75) is 19.1 Å². The summed E-state index contributed by atoms with van der Waals surface area (Å²) in [5.74, 6) is -0.280. The number of hydrogen-bond acceptors (Lipinski definition) is 6. The number of carbonyl (C=O) groups is 1. The second-order valence-electron chi connectivity index (χ2n) is 5.21. The molecule has 1 aromatic carbocycles. The summed E-state index contributed by atoms with van der Waals surface area (Å²) < 4.78 is 17.5. The van der Waals surface area contributed by atoms with Crippen LogP contribution < -0.4 is 33.4 Å². The molecule has 0 amide bonds. The summed E-state index contributed by atoms with van der Waals surface area (Å²) in [6.45, 7) is 0.609. The monoisotopic (exact) mass is 326 g/mol. The van der Waals surface area contributed by atoms with Gasteiger partial charge in [0.1, 0.15) is 23.7 Å². The third-order valence-corrected chi connectivity index (χ3v) is 3.78. The molecule has 0 aliphatic carbocycles. The molecule has 1 fully saturated rings. The Morgan fingerprint density at radius 1 is 1.29 bits per heavy atom. The number of methoxy groups -OCH3 is 2. The van der Waals surface area contributed by atoms with E-state index in [0.717, 1.165) is 12.8 Å². The number of rotatable bonds is 5. The summed E-state index contributed by atoms with van der Waals surface area (Å²) >= 11 is 0. The summed E-state index contributed by atoms with van der Waals surface area (Å²) in [5, 5.41) is 11.4. The fourth-order valence-corrected chi connectivity index (χ4v) is 2.64. The number of imidazole rings is 1. The third kappa shape index (κ3) is 3.59. The topological polar surface area (TPSA) is 85.6 Å². The predicted octanol–water partition coefficient (Wildman–Crippen LogP) is -1.76. The van der Waals surface area contributed by atoms with E-state index in [0.29, 0.717) is 29.4 Å². The fourth-order valence-electron chi connectivity index (χ4n) is 2.64. The van der Waals surface area contributed by atoms with Crippen LogP contribution in [-0.4, -0.2) is 36.3 Å². The summed E-state index contributed by atoms with van der Waals surface area (Å²) in [5.41, 5.74) is 1.19. The van der Waals surface area contributed by atoms with E-state index in [1.807, 2.05) is 0 Å². The van der Waals surface area contributed by atoms with Gasteiger partial charge in [-0.3, -0.25) is 0 Å². The van der Waals surface area contributed by atoms with Crippen molar-refractivity contribution in [2.75, 3.05) is 20.8 Å². The SMILES string of the molecule is COc1cc(OC)cc(-c2cn(C3CCCO3)c([14C](=O)[O-])n2)c1.[Li+]. The van der Waals surface area contributed by atoms with Gasteiger partial charge in [0.25, 0.3) is 0 Å². The molecule has 2 aromatic rings. The van der Waals surface area contributed by atoms with E-state index in [1.165, 1.54) is 4.57 Å². The van der Waals surface area contributed by atoms with Gasteiger partial charge in [0.2, 0.25) is 0 Å². The molecule has 0 spiro atoms. The molecule has 0 radical (unpaired) electrons. The Balaban J connectivity index is 0.00000208. The molecule has 3 rings (SSSR count). The number of ether oxygens (including phenoxy) is 3. The number of nitrogens with zero attached hydrogens (tertiary/aromatic N) is 2. The van der Waals surface area contributed by atoms with E-state index in [9.17, 15) is 9.90 Å². The van der Waals surface area contributed by atoms with Crippen LogP contribution in [0, 0.1) is 0 Å². The van der Waals surface area contributed by atoms with Gasteiger partial charge in [0.15, 0.2) is 5.82 Å². The Labute approximate surface area is 151 Å². The maximum atomic E-state index is 11.4. The molecule has 1 saturated heterocycles. The summed E-state index contributed by atoms with van der Waals surface area (Å²) in [4.78, 5) is 15.6. The maximum absolute atomic E-state index is 11.4. The predicted molar refractivity (Wildman–Crippen MR) is 79.3 cm³/mol. The zero-order valence-electron chi connectivity index (χ0n) is 13.9. The molecule has 1 aliphatic rings. The van der Waals surface area contributed by atoms with E-state index < -0.39 is 5.97 Å². The largest absolute Gasteiger partial charge is 1.00 e. The van der Waals surface area contributed by atoms with Crippen LogP contribution in [0.2, 0.25) is 0 Å². The molecule has 24 heavy (non-hydrogen) atoms. The molecule has 2 heterocycles. The van der Waals surface area contributed by atoms with Crippen molar-refractivity contribution in [3.05, 3.63) is 30.2 Å². The molecule has 1 atom stereocenters. The molecule has 0 saturated carbocycles. The number of aromatic nitrogens is 2. The van der Waals surface area contributed by atoms with Gasteiger partial charge in [-0.15, -0.1) is 0 Å². The van der Waals surface area contributed by atoms with Gasteiger partial charge in [-0.2, -0.15) is 0 Å². The van der Waals surface area contributed by atoms with Gasteiger partial charge in [-0.25, -0.2) is 4.98 Å². The Morgan fingerprint density at radius 2 is 1.96 bits per heavy atom. The van der Waals surface area contributed by atoms with Crippen molar-refractivity contribution in [1.82, 2.24) is 9.55 Å². The molecule has 0 bridgehead atoms. The van der Waals surface area contributed by atoms with Crippen LogP contribution in [0.15, 0.2) is 24.4 Å². The molecule has 122 valence electrons. The van der Waals surface area contributed by atoms with Crippen molar-refractivity contribution in [3.63, 3.8) is 0 Å². The van der Waals surface area contributed by atoms with E-state index in [1.54, 1.807) is 38.6 Å². The molecule has 1 aromatic heterocycles. The zero-order valence-corrected chi connectivity index (χ0v) is 13.9. The number of benzene rings is 1. The van der Waals surface area contributed by atoms with Crippen LogP contribution in [0.1, 0.15) is 29.7 Å². The summed E-state index contributed by atoms with van der Waals surface area (Å²) in [6.07, 6.45) is 2.97. The normalized spacial score (nSPS) is 16.5. The van der Waals surface area contributed by atoms with Crippen LogP contribution in [0.5, 0.6) is 11.5 Å². The zero-order chi connectivity index (χ0) is 16.4. The number of hydrogen-bond donors (Lipinski definition) is 0. The minimum atomic E-state index is -1.33. The quantitative estimate of drug-likeness (QED) is 0.606. The van der Waals surface area contributed by atoms with Crippen molar-refractivity contribution in [2.24, 2.45) is 0 Å². The van der Waals surface area contributed by atoms with Gasteiger partial charge < -0.3 is 28.7 Å². The summed E-state index contributed by atoms with van der Waals surface area (Å²) in [6, 6.07) is 5.27. The van der Waals surface area contributed by atoms with Gasteiger partial charge in [-0.05, 0) is 25.0 Å². The van der Waals surface area contributed by atoms with Gasteiger partial charge in [0.05, 0.1) is 19.9 Å². The fraction of sp³-hybridized carbons (Fsp3) is 0.375. The van der Waals surface area contributed by atoms with Gasteiger partial charge >= 0.3 is 18.9 Å². The average molecular weight is 326 g/mol. The molecule has 1 unspecified atom stereocenters. The minimum absolute atomic E-state index is 0. The first-order valence-corrected chi connectivity index (χ1v) is 7.27. The Hall–Kier alpha value is -1.94. The van der Waals surface area contributed by atoms with E-state index >= 15 is 0 Å². The van der Waals surface area contributed by atoms with E-state index in [-0.39, 0.29) is 30.9 Å². The second kappa shape index (κ2) is 7.75. The average Bonchev–Trinajstić information content (AvgIpc) is 3.23. The first-order valence-electron chi connectivity index (χ1n) is 7.27. The molecular weight excluding hydrogens is 309 g/mol. The van der Waals surface area contributed by atoms with Crippen LogP contribution in [0.4, 0.5) is 0 Å². The van der Waals surface area contributed by atoms with Crippen molar-refractivity contribution < 1.29 is 43.0 Å². The molecular formula is C16H17LiN2O5. The Bertz CT molecular complexity index is 703. The smallest absolute Gasteiger partial charge is 0.542 e. The van der Waals surface area contributed by atoms with Gasteiger partial charge in [0, 0.05) is 24.4 Å². The Morgan fingerprint density at radius 3 is 2.46 bits per heavy atom. The maximum Gasteiger partial charge on any atom is 1.00 e. The number of carboxylic acid groups (broad SMARTS) is 1. The summed E-state index contributed by atoms with van der Waals surface area (Å²) in [7, 11) is 3.10. The third-order valence-electron chi connectivity index (χ3n) is 3.78. The van der Waals surface area contributed by atoms with Gasteiger partial charge in [-0.1, -0.05) is 0 Å². The number of carboxylic acids is 1. The number of aromatic carboxylic acids is 1. The van der Waals surface area contributed by atoms with E-state index in [2.05, 4.69) is 4.98 Å². The van der Waals surface area contributed by atoms with Crippen LogP contribution in [-0.2, 0) is 4.74 Å². The van der Waals surface area contributed by atoms with Crippen LogP contribution in [0.25, 0.3) is 11.3 Å². The Kier molecular flexibility index (Phi) is 5.94. The molecule has 0 N–H and O–H groups in total. The van der Waals surface area contributed by atoms with Crippen molar-refractivity contribution in [1.29, 1.82) is 0 Å². The van der Waals surface area contributed by atoms with Crippen molar-refractivity contribution in [3.8, 4) is 22.8 Å². The van der Waals surface area contributed by atoms with Crippen LogP contribution in [0.3, 0.4) is 0 Å². The first-order chi connectivity index (χ1) is 11.1. The van der Waals surface area contributed by atoms with Crippen molar-refractivity contribution >= 4 is 5.97 Å². The van der Waals surface area contributed by atoms with Crippen LogP contribution >= 0.6 is 0 Å².